The van der Waals surface area contributed by atoms with Crippen LogP contribution in [0.3, 0.4) is 0 Å². The molecule has 0 radical (unpaired) electrons. The molecule has 1 heterocycles. The monoisotopic (exact) mass is 260 g/mol. The van der Waals surface area contributed by atoms with E-state index in [0.717, 1.165) is 12.6 Å². The molecular formula is C11H14F2N2O3. The van der Waals surface area contributed by atoms with Gasteiger partial charge in [-0.05, 0) is 18.6 Å². The number of rotatable bonds is 7. The maximum Gasteiger partial charge on any atom is 0.387 e. The van der Waals surface area contributed by atoms with Crippen LogP contribution in [-0.2, 0) is 4.79 Å². The van der Waals surface area contributed by atoms with Crippen LogP contribution >= 0.6 is 0 Å². The Hall–Kier alpha value is -1.92. The number of carboxylic acid groups (broad SMARTS) is 1. The number of halogens is 2. The summed E-state index contributed by atoms with van der Waals surface area (Å²) in [6.45, 7) is -0.656. The maximum atomic E-state index is 11.9. The Kier molecular flexibility index (Phi) is 5.29. The largest absolute Gasteiger partial charge is 0.480 e. The van der Waals surface area contributed by atoms with Gasteiger partial charge in [-0.3, -0.25) is 4.79 Å². The fraction of sp³-hybridized carbons (Fsp3) is 0.455. The molecule has 1 N–H and O–H groups in total. The highest BCUT2D eigenvalue weighted by atomic mass is 19.3. The van der Waals surface area contributed by atoms with Crippen molar-refractivity contribution >= 4 is 11.8 Å². The number of aromatic nitrogens is 1. The van der Waals surface area contributed by atoms with Gasteiger partial charge in [-0.25, -0.2) is 4.98 Å². The van der Waals surface area contributed by atoms with Gasteiger partial charge in [-0.1, -0.05) is 6.92 Å². The lowest BCUT2D eigenvalue weighted by Crippen LogP contribution is -2.31. The van der Waals surface area contributed by atoms with Crippen molar-refractivity contribution in [1.82, 2.24) is 4.98 Å². The van der Waals surface area contributed by atoms with Gasteiger partial charge in [0.05, 0.1) is 6.20 Å². The van der Waals surface area contributed by atoms with Gasteiger partial charge in [0.1, 0.15) is 18.1 Å². The summed E-state index contributed by atoms with van der Waals surface area (Å²) in [6.07, 6.45) is 1.90. The summed E-state index contributed by atoms with van der Waals surface area (Å²) in [7, 11) is 0. The molecule has 0 saturated heterocycles. The summed E-state index contributed by atoms with van der Waals surface area (Å²) in [5, 5.41) is 8.75. The maximum absolute atomic E-state index is 11.9. The molecule has 1 aromatic heterocycles. The van der Waals surface area contributed by atoms with Gasteiger partial charge in [0.15, 0.2) is 0 Å². The fourth-order valence-electron chi connectivity index (χ4n) is 1.44. The molecule has 0 bridgehead atoms. The predicted octanol–water partition coefficient (Wildman–Crippen LogP) is 1.98. The van der Waals surface area contributed by atoms with Crippen LogP contribution in [0.1, 0.15) is 13.3 Å². The molecule has 5 nitrogen and oxygen atoms in total. The number of pyridine rings is 1. The van der Waals surface area contributed by atoms with Crippen LogP contribution in [0.25, 0.3) is 0 Å². The molecule has 0 spiro atoms. The first-order chi connectivity index (χ1) is 8.52. The van der Waals surface area contributed by atoms with Crippen LogP contribution in [0, 0.1) is 0 Å². The summed E-state index contributed by atoms with van der Waals surface area (Å²) in [4.78, 5) is 16.1. The zero-order valence-electron chi connectivity index (χ0n) is 9.84. The van der Waals surface area contributed by atoms with Gasteiger partial charge in [0.25, 0.3) is 0 Å². The topological polar surface area (TPSA) is 62.7 Å². The summed E-state index contributed by atoms with van der Waals surface area (Å²) in [5.41, 5.74) is 0. The molecule has 0 amide bonds. The van der Waals surface area contributed by atoms with Gasteiger partial charge in [-0.2, -0.15) is 8.78 Å². The number of nitrogens with zero attached hydrogens (tertiary/aromatic N) is 2. The van der Waals surface area contributed by atoms with Crippen LogP contribution in [0.4, 0.5) is 14.6 Å². The van der Waals surface area contributed by atoms with Crippen LogP contribution in [0.5, 0.6) is 5.75 Å². The van der Waals surface area contributed by atoms with E-state index in [9.17, 15) is 13.6 Å². The van der Waals surface area contributed by atoms with Crippen molar-refractivity contribution in [2.45, 2.75) is 20.0 Å². The highest BCUT2D eigenvalue weighted by Crippen LogP contribution is 2.17. The number of carboxylic acids is 1. The number of ether oxygens (including phenoxy) is 1. The number of carbonyl (C=O) groups is 1. The molecule has 0 atom stereocenters. The molecule has 0 aromatic carbocycles. The van der Waals surface area contributed by atoms with E-state index < -0.39 is 12.6 Å². The Morgan fingerprint density at radius 3 is 2.72 bits per heavy atom. The van der Waals surface area contributed by atoms with E-state index in [2.05, 4.69) is 9.72 Å². The molecular weight excluding hydrogens is 246 g/mol. The van der Waals surface area contributed by atoms with E-state index in [1.165, 1.54) is 12.1 Å². The number of hydrogen-bond donors (Lipinski definition) is 1. The first kappa shape index (κ1) is 14.1. The van der Waals surface area contributed by atoms with Gasteiger partial charge in [-0.15, -0.1) is 0 Å². The van der Waals surface area contributed by atoms with Crippen molar-refractivity contribution in [3.05, 3.63) is 18.3 Å². The van der Waals surface area contributed by atoms with Gasteiger partial charge in [0.2, 0.25) is 0 Å². The number of hydrogen-bond acceptors (Lipinski definition) is 4. The number of aliphatic carboxylic acids is 1. The Morgan fingerprint density at radius 1 is 1.56 bits per heavy atom. The lowest BCUT2D eigenvalue weighted by Gasteiger charge is -2.20. The molecule has 0 aliphatic rings. The predicted molar refractivity (Wildman–Crippen MR) is 61.0 cm³/mol. The van der Waals surface area contributed by atoms with Crippen molar-refractivity contribution < 1.29 is 23.4 Å². The SMILES string of the molecule is CCCN(CC(=O)O)c1ccc(OC(F)F)cn1. The molecule has 1 aromatic rings. The Bertz CT molecular complexity index is 384. The summed E-state index contributed by atoms with van der Waals surface area (Å²) in [5.74, 6) is -0.612. The average Bonchev–Trinajstić information content (AvgIpc) is 2.28. The van der Waals surface area contributed by atoms with E-state index in [4.69, 9.17) is 5.11 Å². The van der Waals surface area contributed by atoms with Gasteiger partial charge < -0.3 is 14.7 Å². The molecule has 0 aliphatic carbocycles. The zero-order valence-corrected chi connectivity index (χ0v) is 9.84. The first-order valence-corrected chi connectivity index (χ1v) is 5.40. The van der Waals surface area contributed by atoms with E-state index in [0.29, 0.717) is 12.4 Å². The second-order valence-electron chi connectivity index (χ2n) is 3.55. The third kappa shape index (κ3) is 4.52. The van der Waals surface area contributed by atoms with Crippen LogP contribution in [0.2, 0.25) is 0 Å². The molecule has 18 heavy (non-hydrogen) atoms. The van der Waals surface area contributed by atoms with Crippen molar-refractivity contribution in [2.75, 3.05) is 18.0 Å². The van der Waals surface area contributed by atoms with Gasteiger partial charge >= 0.3 is 12.6 Å². The minimum Gasteiger partial charge on any atom is -0.480 e. The molecule has 0 aliphatic heterocycles. The third-order valence-corrected chi connectivity index (χ3v) is 2.09. The fourth-order valence-corrected chi connectivity index (χ4v) is 1.44. The van der Waals surface area contributed by atoms with Crippen molar-refractivity contribution in [2.24, 2.45) is 0 Å². The average molecular weight is 260 g/mol. The molecule has 7 heteroatoms. The van der Waals surface area contributed by atoms with Gasteiger partial charge in [0, 0.05) is 6.54 Å². The summed E-state index contributed by atoms with van der Waals surface area (Å²) < 4.78 is 28.0. The molecule has 0 unspecified atom stereocenters. The van der Waals surface area contributed by atoms with Crippen molar-refractivity contribution in [1.29, 1.82) is 0 Å². The van der Waals surface area contributed by atoms with E-state index in [-0.39, 0.29) is 12.3 Å². The molecule has 100 valence electrons. The van der Waals surface area contributed by atoms with E-state index >= 15 is 0 Å². The third-order valence-electron chi connectivity index (χ3n) is 2.09. The van der Waals surface area contributed by atoms with Crippen LogP contribution in [0.15, 0.2) is 18.3 Å². The zero-order chi connectivity index (χ0) is 13.5. The highest BCUT2D eigenvalue weighted by Gasteiger charge is 2.12. The Balaban J connectivity index is 2.76. The first-order valence-electron chi connectivity index (χ1n) is 5.40. The molecule has 0 saturated carbocycles. The second kappa shape index (κ2) is 6.73. The normalized spacial score (nSPS) is 10.4. The van der Waals surface area contributed by atoms with Crippen molar-refractivity contribution in [3.63, 3.8) is 0 Å². The minimum absolute atomic E-state index is 0.0551. The number of alkyl halides is 2. The smallest absolute Gasteiger partial charge is 0.387 e. The minimum atomic E-state index is -2.90. The quantitative estimate of drug-likeness (QED) is 0.812. The highest BCUT2D eigenvalue weighted by molar-refractivity contribution is 5.73. The van der Waals surface area contributed by atoms with Crippen LogP contribution < -0.4 is 9.64 Å². The molecule has 1 rings (SSSR count). The Morgan fingerprint density at radius 2 is 2.28 bits per heavy atom. The van der Waals surface area contributed by atoms with E-state index in [1.807, 2.05) is 6.92 Å². The van der Waals surface area contributed by atoms with Crippen molar-refractivity contribution in [3.8, 4) is 5.75 Å². The Labute approximate surface area is 103 Å². The molecule has 0 fully saturated rings. The second-order valence-corrected chi connectivity index (χ2v) is 3.55. The van der Waals surface area contributed by atoms with E-state index in [1.54, 1.807) is 4.90 Å². The lowest BCUT2D eigenvalue weighted by atomic mass is 10.3. The standard InChI is InChI=1S/C11H14F2N2O3/c1-2-5-15(7-10(16)17)9-4-3-8(6-14-9)18-11(12)13/h3-4,6,11H,2,5,7H2,1H3,(H,16,17). The number of anilines is 1. The lowest BCUT2D eigenvalue weighted by molar-refractivity contribution is -0.135. The summed E-state index contributed by atoms with van der Waals surface area (Å²) >= 11 is 0. The summed E-state index contributed by atoms with van der Waals surface area (Å²) in [6, 6.07) is 2.79. The van der Waals surface area contributed by atoms with Crippen LogP contribution in [-0.4, -0.2) is 35.8 Å².